The third-order valence-corrected chi connectivity index (χ3v) is 4.15. The molecular formula is C14H22O4. The first-order valence-corrected chi connectivity index (χ1v) is 7.26. The van der Waals surface area contributed by atoms with Crippen molar-refractivity contribution in [2.45, 2.75) is 82.4 Å². The SMILES string of the molecule is CCCC1OC1CCC(=O)OC1CCC2OC2C1. The van der Waals surface area contributed by atoms with Crippen LogP contribution in [0.1, 0.15) is 51.9 Å². The van der Waals surface area contributed by atoms with Gasteiger partial charge in [0.05, 0.1) is 24.4 Å². The maximum absolute atomic E-state index is 11.7. The zero-order valence-corrected chi connectivity index (χ0v) is 11.0. The minimum Gasteiger partial charge on any atom is -0.462 e. The summed E-state index contributed by atoms with van der Waals surface area (Å²) in [7, 11) is 0. The first-order chi connectivity index (χ1) is 8.76. The van der Waals surface area contributed by atoms with Crippen LogP contribution in [0.25, 0.3) is 0 Å². The van der Waals surface area contributed by atoms with Crippen molar-refractivity contribution in [1.29, 1.82) is 0 Å². The average molecular weight is 254 g/mol. The van der Waals surface area contributed by atoms with Crippen molar-refractivity contribution in [1.82, 2.24) is 0 Å². The number of epoxide rings is 2. The van der Waals surface area contributed by atoms with Crippen LogP contribution in [-0.4, -0.2) is 36.5 Å². The first kappa shape index (κ1) is 12.4. The number of hydrogen-bond donors (Lipinski definition) is 0. The van der Waals surface area contributed by atoms with Crippen molar-refractivity contribution in [2.24, 2.45) is 0 Å². The molecule has 3 aliphatic rings. The van der Waals surface area contributed by atoms with E-state index in [9.17, 15) is 4.79 Å². The van der Waals surface area contributed by atoms with Gasteiger partial charge in [-0.15, -0.1) is 0 Å². The number of fused-ring (bicyclic) bond motifs is 1. The molecule has 0 bridgehead atoms. The van der Waals surface area contributed by atoms with Crippen molar-refractivity contribution < 1.29 is 19.0 Å². The molecule has 5 unspecified atom stereocenters. The van der Waals surface area contributed by atoms with Gasteiger partial charge in [-0.05, 0) is 25.7 Å². The van der Waals surface area contributed by atoms with Crippen molar-refractivity contribution in [3.8, 4) is 0 Å². The lowest BCUT2D eigenvalue weighted by molar-refractivity contribution is -0.150. The second-order valence-corrected chi connectivity index (χ2v) is 5.68. The van der Waals surface area contributed by atoms with Crippen LogP contribution in [0.4, 0.5) is 0 Å². The first-order valence-electron chi connectivity index (χ1n) is 7.26. The fraction of sp³-hybridized carbons (Fsp3) is 0.929. The standard InChI is InChI=1S/C14H22O4/c1-2-3-10-11(17-10)6-7-14(15)16-9-4-5-12-13(8-9)18-12/h9-13H,2-8H2,1H3. The predicted octanol–water partition coefficient (Wildman–Crippen LogP) is 2.20. The molecule has 5 atom stereocenters. The fourth-order valence-electron chi connectivity index (χ4n) is 2.95. The maximum atomic E-state index is 11.7. The van der Waals surface area contributed by atoms with Gasteiger partial charge >= 0.3 is 5.97 Å². The van der Waals surface area contributed by atoms with Crippen LogP contribution in [0.3, 0.4) is 0 Å². The number of hydrogen-bond acceptors (Lipinski definition) is 4. The lowest BCUT2D eigenvalue weighted by Crippen LogP contribution is -2.24. The van der Waals surface area contributed by atoms with Gasteiger partial charge in [-0.3, -0.25) is 4.79 Å². The Bertz CT molecular complexity index is 317. The number of rotatable bonds is 6. The summed E-state index contributed by atoms with van der Waals surface area (Å²) in [6.45, 7) is 2.16. The molecule has 0 aromatic heterocycles. The minimum atomic E-state index is -0.0650. The monoisotopic (exact) mass is 254 g/mol. The number of carbonyl (C=O) groups is 1. The van der Waals surface area contributed by atoms with E-state index in [1.165, 1.54) is 0 Å². The Hall–Kier alpha value is -0.610. The third-order valence-electron chi connectivity index (χ3n) is 4.15. The Kier molecular flexibility index (Phi) is 3.57. The highest BCUT2D eigenvalue weighted by molar-refractivity contribution is 5.69. The van der Waals surface area contributed by atoms with E-state index in [4.69, 9.17) is 14.2 Å². The van der Waals surface area contributed by atoms with Gasteiger partial charge in [0.1, 0.15) is 6.10 Å². The molecule has 3 fully saturated rings. The Labute approximate surface area is 108 Å². The number of esters is 1. The topological polar surface area (TPSA) is 51.4 Å². The Morgan fingerprint density at radius 3 is 2.78 bits per heavy atom. The van der Waals surface area contributed by atoms with Gasteiger partial charge in [-0.25, -0.2) is 0 Å². The van der Waals surface area contributed by atoms with Crippen molar-refractivity contribution in [3.05, 3.63) is 0 Å². The molecule has 0 spiro atoms. The van der Waals surface area contributed by atoms with Crippen molar-refractivity contribution >= 4 is 5.97 Å². The maximum Gasteiger partial charge on any atom is 0.306 e. The van der Waals surface area contributed by atoms with Crippen molar-refractivity contribution in [3.63, 3.8) is 0 Å². The summed E-state index contributed by atoms with van der Waals surface area (Å²) in [6.07, 6.45) is 8.12. The summed E-state index contributed by atoms with van der Waals surface area (Å²) in [5.41, 5.74) is 0. The number of carbonyl (C=O) groups excluding carboxylic acids is 1. The zero-order valence-electron chi connectivity index (χ0n) is 11.0. The highest BCUT2D eigenvalue weighted by atomic mass is 16.6. The van der Waals surface area contributed by atoms with Gasteiger partial charge in [0.15, 0.2) is 0 Å². The van der Waals surface area contributed by atoms with Crippen molar-refractivity contribution in [2.75, 3.05) is 0 Å². The van der Waals surface area contributed by atoms with Crippen LogP contribution in [0.2, 0.25) is 0 Å². The van der Waals surface area contributed by atoms with Crippen LogP contribution < -0.4 is 0 Å². The van der Waals surface area contributed by atoms with Crippen LogP contribution in [0.5, 0.6) is 0 Å². The summed E-state index contributed by atoms with van der Waals surface area (Å²) in [5.74, 6) is -0.0650. The summed E-state index contributed by atoms with van der Waals surface area (Å²) in [4.78, 5) is 11.7. The van der Waals surface area contributed by atoms with Gasteiger partial charge in [-0.2, -0.15) is 0 Å². The molecule has 2 saturated heterocycles. The molecule has 0 amide bonds. The highest BCUT2D eigenvalue weighted by Gasteiger charge is 2.45. The highest BCUT2D eigenvalue weighted by Crippen LogP contribution is 2.37. The van der Waals surface area contributed by atoms with Gasteiger partial charge in [-0.1, -0.05) is 13.3 Å². The second-order valence-electron chi connectivity index (χ2n) is 5.68. The summed E-state index contributed by atoms with van der Waals surface area (Å²) in [6, 6.07) is 0. The van der Waals surface area contributed by atoms with E-state index in [1.807, 2.05) is 0 Å². The predicted molar refractivity (Wildman–Crippen MR) is 65.2 cm³/mol. The van der Waals surface area contributed by atoms with Crippen LogP contribution in [0, 0.1) is 0 Å². The Morgan fingerprint density at radius 2 is 2.00 bits per heavy atom. The largest absolute Gasteiger partial charge is 0.462 e. The third kappa shape index (κ3) is 3.04. The molecule has 0 N–H and O–H groups in total. The average Bonchev–Trinajstić information content (AvgIpc) is 3.22. The molecule has 18 heavy (non-hydrogen) atoms. The molecule has 1 aliphatic carbocycles. The normalized spacial score (nSPS) is 41.1. The lowest BCUT2D eigenvalue weighted by atomic mass is 9.98. The summed E-state index contributed by atoms with van der Waals surface area (Å²) < 4.78 is 16.4. The second kappa shape index (κ2) is 5.17. The zero-order chi connectivity index (χ0) is 12.5. The fourth-order valence-corrected chi connectivity index (χ4v) is 2.95. The van der Waals surface area contributed by atoms with Crippen LogP contribution in [-0.2, 0) is 19.0 Å². The van der Waals surface area contributed by atoms with E-state index in [0.717, 1.165) is 38.5 Å². The van der Waals surface area contributed by atoms with E-state index >= 15 is 0 Å². The molecule has 4 heteroatoms. The molecular weight excluding hydrogens is 232 g/mol. The molecule has 102 valence electrons. The molecule has 3 rings (SSSR count). The van der Waals surface area contributed by atoms with Gasteiger partial charge in [0.2, 0.25) is 0 Å². The van der Waals surface area contributed by atoms with Gasteiger partial charge < -0.3 is 14.2 Å². The molecule has 0 aromatic rings. The van der Waals surface area contributed by atoms with E-state index < -0.39 is 0 Å². The van der Waals surface area contributed by atoms with E-state index in [2.05, 4.69) is 6.92 Å². The molecule has 2 aliphatic heterocycles. The lowest BCUT2D eigenvalue weighted by Gasteiger charge is -2.19. The summed E-state index contributed by atoms with van der Waals surface area (Å²) >= 11 is 0. The molecule has 1 saturated carbocycles. The smallest absolute Gasteiger partial charge is 0.306 e. The van der Waals surface area contributed by atoms with Gasteiger partial charge in [0, 0.05) is 12.8 Å². The number of ether oxygens (including phenoxy) is 3. The van der Waals surface area contributed by atoms with E-state index in [1.54, 1.807) is 0 Å². The van der Waals surface area contributed by atoms with Gasteiger partial charge in [0.25, 0.3) is 0 Å². The summed E-state index contributed by atoms with van der Waals surface area (Å²) in [5, 5.41) is 0. The quantitative estimate of drug-likeness (QED) is 0.538. The Morgan fingerprint density at radius 1 is 1.17 bits per heavy atom. The van der Waals surface area contributed by atoms with Crippen LogP contribution >= 0.6 is 0 Å². The molecule has 0 radical (unpaired) electrons. The molecule has 0 aromatic carbocycles. The van der Waals surface area contributed by atoms with E-state index in [-0.39, 0.29) is 12.1 Å². The Balaban J connectivity index is 1.30. The van der Waals surface area contributed by atoms with E-state index in [0.29, 0.717) is 30.8 Å². The molecule has 2 heterocycles. The minimum absolute atomic E-state index is 0.0650. The molecule has 4 nitrogen and oxygen atoms in total. The van der Waals surface area contributed by atoms with Crippen LogP contribution in [0.15, 0.2) is 0 Å².